The Morgan fingerprint density at radius 3 is 2.38 bits per heavy atom. The van der Waals surface area contributed by atoms with Gasteiger partial charge in [0.2, 0.25) is 0 Å². The summed E-state index contributed by atoms with van der Waals surface area (Å²) in [4.78, 5) is 30.7. The normalized spacial score (nSPS) is 18.4. The van der Waals surface area contributed by atoms with Crippen molar-refractivity contribution in [2.24, 2.45) is 5.92 Å². The van der Waals surface area contributed by atoms with Crippen LogP contribution in [0.1, 0.15) is 18.3 Å². The molecule has 1 fully saturated rings. The maximum absolute atomic E-state index is 13.9. The maximum Gasteiger partial charge on any atom is 0.322 e. The third-order valence-electron chi connectivity index (χ3n) is 6.71. The average molecular weight is 566 g/mol. The first-order valence-electron chi connectivity index (χ1n) is 13.5. The SMILES string of the molecule is CC1COC(C(=O)NCc2ccccc2)(c2nc(-c3ccc(F)cc3)c(-c3ccnc(Oc4ccccc4)n3)[nH]2)OC1. The second-order valence-electron chi connectivity index (χ2n) is 9.97. The summed E-state index contributed by atoms with van der Waals surface area (Å²) in [7, 11) is 0. The number of ether oxygens (including phenoxy) is 3. The molecule has 0 unspecified atom stereocenters. The van der Waals surface area contributed by atoms with Crippen LogP contribution in [0.2, 0.25) is 0 Å². The van der Waals surface area contributed by atoms with Gasteiger partial charge in [-0.05, 0) is 48.0 Å². The summed E-state index contributed by atoms with van der Waals surface area (Å²) >= 11 is 0. The fourth-order valence-corrected chi connectivity index (χ4v) is 4.53. The van der Waals surface area contributed by atoms with Gasteiger partial charge in [0.25, 0.3) is 5.91 Å². The van der Waals surface area contributed by atoms with Crippen molar-refractivity contribution in [2.45, 2.75) is 19.3 Å². The lowest BCUT2D eigenvalue weighted by Crippen LogP contribution is -2.53. The fraction of sp³-hybridized carbons (Fsp3) is 0.188. The minimum absolute atomic E-state index is 0.0746. The number of H-pyrrole nitrogens is 1. The van der Waals surface area contributed by atoms with E-state index in [0.717, 1.165) is 5.56 Å². The predicted molar refractivity (Wildman–Crippen MR) is 153 cm³/mol. The summed E-state index contributed by atoms with van der Waals surface area (Å²) in [6, 6.07) is 26.4. The van der Waals surface area contributed by atoms with Crippen LogP contribution in [-0.2, 0) is 26.6 Å². The topological polar surface area (TPSA) is 111 Å². The van der Waals surface area contributed by atoms with E-state index in [1.807, 2.05) is 55.5 Å². The van der Waals surface area contributed by atoms with Gasteiger partial charge in [-0.25, -0.2) is 14.4 Å². The molecule has 212 valence electrons. The van der Waals surface area contributed by atoms with E-state index in [-0.39, 0.29) is 43.3 Å². The molecule has 0 radical (unpaired) electrons. The highest BCUT2D eigenvalue weighted by atomic mass is 19.1. The number of hydrogen-bond acceptors (Lipinski definition) is 7. The van der Waals surface area contributed by atoms with Crippen LogP contribution in [-0.4, -0.2) is 39.1 Å². The zero-order valence-electron chi connectivity index (χ0n) is 22.8. The Labute approximate surface area is 241 Å². The highest BCUT2D eigenvalue weighted by Gasteiger charge is 2.49. The van der Waals surface area contributed by atoms with Crippen molar-refractivity contribution in [3.8, 4) is 34.4 Å². The smallest absolute Gasteiger partial charge is 0.322 e. The Balaban J connectivity index is 1.41. The first-order chi connectivity index (χ1) is 20.5. The lowest BCUT2D eigenvalue weighted by Gasteiger charge is -2.36. The van der Waals surface area contributed by atoms with Crippen molar-refractivity contribution in [3.05, 3.63) is 114 Å². The van der Waals surface area contributed by atoms with Crippen LogP contribution in [0.15, 0.2) is 97.2 Å². The van der Waals surface area contributed by atoms with Crippen LogP contribution in [0.3, 0.4) is 0 Å². The van der Waals surface area contributed by atoms with E-state index in [4.69, 9.17) is 19.2 Å². The molecule has 1 aliphatic heterocycles. The number of halogens is 1. The number of nitrogens with one attached hydrogen (secondary N) is 2. The number of carbonyl (C=O) groups excluding carboxylic acids is 1. The third-order valence-corrected chi connectivity index (χ3v) is 6.71. The number of aromatic amines is 1. The van der Waals surface area contributed by atoms with Crippen molar-refractivity contribution in [3.63, 3.8) is 0 Å². The van der Waals surface area contributed by atoms with Gasteiger partial charge in [-0.1, -0.05) is 55.5 Å². The second kappa shape index (κ2) is 11.9. The Kier molecular flexibility index (Phi) is 7.72. The molecule has 6 rings (SSSR count). The van der Waals surface area contributed by atoms with Gasteiger partial charge in [0.05, 0.1) is 30.3 Å². The molecule has 0 atom stereocenters. The zero-order valence-corrected chi connectivity index (χ0v) is 22.8. The Morgan fingerprint density at radius 1 is 0.976 bits per heavy atom. The highest BCUT2D eigenvalue weighted by Crippen LogP contribution is 2.37. The van der Waals surface area contributed by atoms with E-state index in [2.05, 4.69) is 20.3 Å². The monoisotopic (exact) mass is 565 g/mol. The van der Waals surface area contributed by atoms with Crippen LogP contribution in [0.25, 0.3) is 22.6 Å². The highest BCUT2D eigenvalue weighted by molar-refractivity contribution is 5.86. The van der Waals surface area contributed by atoms with E-state index < -0.39 is 11.7 Å². The number of hydrogen-bond donors (Lipinski definition) is 2. The number of para-hydroxylation sites is 1. The minimum atomic E-state index is -1.84. The first kappa shape index (κ1) is 27.3. The molecular formula is C32H28FN5O4. The molecule has 2 aromatic heterocycles. The first-order valence-corrected chi connectivity index (χ1v) is 13.5. The van der Waals surface area contributed by atoms with Crippen molar-refractivity contribution >= 4 is 5.91 Å². The Bertz CT molecular complexity index is 1650. The summed E-state index contributed by atoms with van der Waals surface area (Å²) in [5.41, 5.74) is 2.85. The quantitative estimate of drug-likeness (QED) is 0.251. The Hall–Kier alpha value is -4.93. The second-order valence-corrected chi connectivity index (χ2v) is 9.97. The van der Waals surface area contributed by atoms with Gasteiger partial charge in [-0.2, -0.15) is 4.98 Å². The fourth-order valence-electron chi connectivity index (χ4n) is 4.53. The van der Waals surface area contributed by atoms with Gasteiger partial charge in [-0.3, -0.25) is 4.79 Å². The molecule has 3 heterocycles. The average Bonchev–Trinajstić information content (AvgIpc) is 3.48. The molecule has 42 heavy (non-hydrogen) atoms. The number of nitrogens with zero attached hydrogens (tertiary/aromatic N) is 3. The summed E-state index contributed by atoms with van der Waals surface area (Å²) in [5.74, 6) is -1.94. The summed E-state index contributed by atoms with van der Waals surface area (Å²) < 4.78 is 32.0. The lowest BCUT2D eigenvalue weighted by molar-refractivity contribution is -0.277. The van der Waals surface area contributed by atoms with E-state index in [1.165, 1.54) is 12.1 Å². The van der Waals surface area contributed by atoms with E-state index >= 15 is 0 Å². The van der Waals surface area contributed by atoms with Crippen molar-refractivity contribution in [1.82, 2.24) is 25.3 Å². The van der Waals surface area contributed by atoms with Crippen molar-refractivity contribution < 1.29 is 23.4 Å². The standard InChI is InChI=1S/C32H28FN5O4/c1-21-19-40-32(41-20-21,30(39)35-18-22-8-4-2-5-9-22)29-37-27(23-12-14-24(33)15-13-23)28(38-29)26-16-17-34-31(36-26)42-25-10-6-3-7-11-25/h2-17,21H,18-20H2,1H3,(H,35,39)(H,37,38). The molecule has 0 aliphatic carbocycles. The van der Waals surface area contributed by atoms with Gasteiger partial charge >= 0.3 is 11.8 Å². The third kappa shape index (κ3) is 5.76. The number of imidazole rings is 1. The molecule has 2 N–H and O–H groups in total. The number of aromatic nitrogens is 4. The van der Waals surface area contributed by atoms with Gasteiger partial charge in [0.15, 0.2) is 5.82 Å². The largest absolute Gasteiger partial charge is 0.424 e. The van der Waals surface area contributed by atoms with Crippen LogP contribution in [0.4, 0.5) is 4.39 Å². The molecule has 1 aliphatic rings. The van der Waals surface area contributed by atoms with E-state index in [0.29, 0.717) is 28.4 Å². The number of amides is 1. The van der Waals surface area contributed by atoms with Crippen LogP contribution in [0, 0.1) is 11.7 Å². The summed E-state index contributed by atoms with van der Waals surface area (Å²) in [5, 5.41) is 2.93. The summed E-state index contributed by atoms with van der Waals surface area (Å²) in [6.45, 7) is 2.80. The van der Waals surface area contributed by atoms with Crippen molar-refractivity contribution in [1.29, 1.82) is 0 Å². The molecule has 3 aromatic carbocycles. The number of benzene rings is 3. The van der Waals surface area contributed by atoms with Gasteiger partial charge in [0, 0.05) is 24.2 Å². The van der Waals surface area contributed by atoms with Crippen molar-refractivity contribution in [2.75, 3.05) is 13.2 Å². The van der Waals surface area contributed by atoms with Crippen LogP contribution < -0.4 is 10.1 Å². The molecule has 0 spiro atoms. The zero-order chi connectivity index (χ0) is 28.9. The van der Waals surface area contributed by atoms with E-state index in [9.17, 15) is 9.18 Å². The van der Waals surface area contributed by atoms with Gasteiger partial charge in [-0.15, -0.1) is 0 Å². The van der Waals surface area contributed by atoms with E-state index in [1.54, 1.807) is 36.5 Å². The molecule has 9 nitrogen and oxygen atoms in total. The molecule has 1 saturated heterocycles. The predicted octanol–water partition coefficient (Wildman–Crippen LogP) is 5.62. The molecule has 0 bridgehead atoms. The number of carbonyl (C=O) groups is 1. The van der Waals surface area contributed by atoms with Crippen LogP contribution >= 0.6 is 0 Å². The van der Waals surface area contributed by atoms with Gasteiger partial charge < -0.3 is 24.5 Å². The molecular weight excluding hydrogens is 537 g/mol. The molecule has 1 amide bonds. The molecule has 10 heteroatoms. The summed E-state index contributed by atoms with van der Waals surface area (Å²) in [6.07, 6.45) is 1.56. The maximum atomic E-state index is 13.9. The molecule has 5 aromatic rings. The Morgan fingerprint density at radius 2 is 1.67 bits per heavy atom. The minimum Gasteiger partial charge on any atom is -0.424 e. The van der Waals surface area contributed by atoms with Gasteiger partial charge in [0.1, 0.15) is 11.6 Å². The number of rotatable bonds is 8. The molecule has 0 saturated carbocycles. The lowest BCUT2D eigenvalue weighted by atomic mass is 10.1. The van der Waals surface area contributed by atoms with Crippen LogP contribution in [0.5, 0.6) is 11.8 Å².